The highest BCUT2D eigenvalue weighted by atomic mass is 16.1. The lowest BCUT2D eigenvalue weighted by molar-refractivity contribution is 0.101. The first-order valence-corrected chi connectivity index (χ1v) is 7.00. The summed E-state index contributed by atoms with van der Waals surface area (Å²) in [7, 11) is 1.94. The number of hydrogen-bond donors (Lipinski definition) is 0. The van der Waals surface area contributed by atoms with E-state index in [2.05, 4.69) is 22.3 Å². The molecule has 1 aromatic carbocycles. The van der Waals surface area contributed by atoms with Crippen molar-refractivity contribution in [3.63, 3.8) is 0 Å². The van der Waals surface area contributed by atoms with Crippen LogP contribution in [0.1, 0.15) is 28.4 Å². The molecule has 4 nitrogen and oxygen atoms in total. The van der Waals surface area contributed by atoms with Crippen LogP contribution in [0.2, 0.25) is 0 Å². The van der Waals surface area contributed by atoms with E-state index >= 15 is 0 Å². The van der Waals surface area contributed by atoms with Gasteiger partial charge in [0.05, 0.1) is 6.20 Å². The van der Waals surface area contributed by atoms with Crippen LogP contribution in [0.4, 0.5) is 5.69 Å². The topological polar surface area (TPSA) is 38.1 Å². The third-order valence-electron chi connectivity index (χ3n) is 3.91. The van der Waals surface area contributed by atoms with E-state index < -0.39 is 0 Å². The summed E-state index contributed by atoms with van der Waals surface area (Å²) >= 11 is 0. The maximum atomic E-state index is 11.4. The Morgan fingerprint density at radius 2 is 2.25 bits per heavy atom. The molecule has 0 aliphatic carbocycles. The van der Waals surface area contributed by atoms with Crippen molar-refractivity contribution in [2.24, 2.45) is 7.05 Å². The molecule has 1 aromatic heterocycles. The summed E-state index contributed by atoms with van der Waals surface area (Å²) < 4.78 is 1.84. The van der Waals surface area contributed by atoms with Crippen molar-refractivity contribution in [2.75, 3.05) is 18.0 Å². The van der Waals surface area contributed by atoms with Crippen molar-refractivity contribution in [3.05, 3.63) is 47.3 Å². The first kappa shape index (κ1) is 12.9. The Balaban J connectivity index is 1.71. The van der Waals surface area contributed by atoms with Gasteiger partial charge in [0.25, 0.3) is 0 Å². The number of ketones is 1. The smallest absolute Gasteiger partial charge is 0.159 e. The average Bonchev–Trinajstić information content (AvgIpc) is 3.02. The van der Waals surface area contributed by atoms with E-state index in [1.165, 1.54) is 16.8 Å². The van der Waals surface area contributed by atoms with Crippen LogP contribution < -0.4 is 4.90 Å². The Morgan fingerprint density at radius 1 is 1.40 bits per heavy atom. The van der Waals surface area contributed by atoms with Gasteiger partial charge in [0.15, 0.2) is 5.78 Å². The van der Waals surface area contributed by atoms with Gasteiger partial charge in [-0.1, -0.05) is 0 Å². The maximum Gasteiger partial charge on any atom is 0.159 e. The van der Waals surface area contributed by atoms with Gasteiger partial charge in [-0.2, -0.15) is 5.10 Å². The van der Waals surface area contributed by atoms with Gasteiger partial charge in [0.1, 0.15) is 0 Å². The van der Waals surface area contributed by atoms with E-state index in [0.29, 0.717) is 0 Å². The fourth-order valence-corrected chi connectivity index (χ4v) is 2.79. The summed E-state index contributed by atoms with van der Waals surface area (Å²) in [5.74, 6) is 0.140. The standard InChI is InChI=1S/C16H19N3O/c1-12(20)14-3-4-16-15(9-14)6-8-19(16)7-5-13-10-17-18(2)11-13/h3-4,9-11H,5-8H2,1-2H3. The van der Waals surface area contributed by atoms with E-state index in [1.54, 1.807) is 6.92 Å². The fourth-order valence-electron chi connectivity index (χ4n) is 2.79. The highest BCUT2D eigenvalue weighted by molar-refractivity contribution is 5.94. The first-order valence-electron chi connectivity index (χ1n) is 7.00. The zero-order valence-corrected chi connectivity index (χ0v) is 12.0. The van der Waals surface area contributed by atoms with Crippen LogP contribution in [0, 0.1) is 0 Å². The Labute approximate surface area is 119 Å². The largest absolute Gasteiger partial charge is 0.371 e. The zero-order chi connectivity index (χ0) is 14.1. The number of nitrogens with zero attached hydrogens (tertiary/aromatic N) is 3. The minimum absolute atomic E-state index is 0.140. The number of rotatable bonds is 4. The number of hydrogen-bond acceptors (Lipinski definition) is 3. The molecule has 2 aromatic rings. The molecule has 20 heavy (non-hydrogen) atoms. The van der Waals surface area contributed by atoms with Crippen molar-refractivity contribution >= 4 is 11.5 Å². The third-order valence-corrected chi connectivity index (χ3v) is 3.91. The van der Waals surface area contributed by atoms with Crippen molar-refractivity contribution in [2.45, 2.75) is 19.8 Å². The molecule has 0 amide bonds. The number of aromatic nitrogens is 2. The normalized spacial score (nSPS) is 13.6. The predicted molar refractivity (Wildman–Crippen MR) is 79.3 cm³/mol. The monoisotopic (exact) mass is 269 g/mol. The predicted octanol–water partition coefficient (Wildman–Crippen LogP) is 2.23. The van der Waals surface area contributed by atoms with Crippen LogP contribution in [0.5, 0.6) is 0 Å². The molecule has 0 radical (unpaired) electrons. The molecule has 0 bridgehead atoms. The minimum atomic E-state index is 0.140. The van der Waals surface area contributed by atoms with E-state index in [9.17, 15) is 4.79 Å². The number of carbonyl (C=O) groups excluding carboxylic acids is 1. The summed E-state index contributed by atoms with van der Waals surface area (Å²) in [5, 5.41) is 4.20. The highest BCUT2D eigenvalue weighted by Gasteiger charge is 2.19. The number of anilines is 1. The molecule has 0 saturated carbocycles. The van der Waals surface area contributed by atoms with Gasteiger partial charge < -0.3 is 4.90 Å². The molecule has 0 fully saturated rings. The van der Waals surface area contributed by atoms with Crippen LogP contribution in [0.15, 0.2) is 30.6 Å². The van der Waals surface area contributed by atoms with Crippen molar-refractivity contribution in [3.8, 4) is 0 Å². The lowest BCUT2D eigenvalue weighted by atomic mass is 10.1. The number of benzene rings is 1. The van der Waals surface area contributed by atoms with Gasteiger partial charge in [-0.15, -0.1) is 0 Å². The molecule has 4 heteroatoms. The Morgan fingerprint density at radius 3 is 2.95 bits per heavy atom. The van der Waals surface area contributed by atoms with Gasteiger partial charge in [0.2, 0.25) is 0 Å². The lowest BCUT2D eigenvalue weighted by Gasteiger charge is -2.19. The molecular formula is C16H19N3O. The molecule has 2 heterocycles. The van der Waals surface area contributed by atoms with Gasteiger partial charge in [-0.05, 0) is 49.1 Å². The summed E-state index contributed by atoms with van der Waals surface area (Å²) in [6.07, 6.45) is 6.02. The molecule has 0 unspecified atom stereocenters. The molecular weight excluding hydrogens is 250 g/mol. The quantitative estimate of drug-likeness (QED) is 0.799. The summed E-state index contributed by atoms with van der Waals surface area (Å²) in [6, 6.07) is 6.06. The second-order valence-electron chi connectivity index (χ2n) is 5.41. The lowest BCUT2D eigenvalue weighted by Crippen LogP contribution is -2.23. The van der Waals surface area contributed by atoms with E-state index in [-0.39, 0.29) is 5.78 Å². The summed E-state index contributed by atoms with van der Waals surface area (Å²) in [4.78, 5) is 13.8. The molecule has 0 N–H and O–H groups in total. The molecule has 1 aliphatic rings. The van der Waals surface area contributed by atoms with Crippen LogP contribution in [0.25, 0.3) is 0 Å². The van der Waals surface area contributed by atoms with Crippen molar-refractivity contribution in [1.82, 2.24) is 9.78 Å². The average molecular weight is 269 g/mol. The number of Topliss-reactive ketones (excluding diaryl/α,β-unsaturated/α-hetero) is 1. The molecule has 3 rings (SSSR count). The van der Waals surface area contributed by atoms with Crippen molar-refractivity contribution in [1.29, 1.82) is 0 Å². The van der Waals surface area contributed by atoms with Crippen molar-refractivity contribution < 1.29 is 4.79 Å². The van der Waals surface area contributed by atoms with Crippen LogP contribution in [-0.2, 0) is 19.9 Å². The zero-order valence-electron chi connectivity index (χ0n) is 12.0. The fraction of sp³-hybridized carbons (Fsp3) is 0.375. The summed E-state index contributed by atoms with van der Waals surface area (Å²) in [6.45, 7) is 3.66. The van der Waals surface area contributed by atoms with Crippen LogP contribution in [-0.4, -0.2) is 28.7 Å². The highest BCUT2D eigenvalue weighted by Crippen LogP contribution is 2.29. The second kappa shape index (κ2) is 5.12. The first-order chi connectivity index (χ1) is 9.63. The minimum Gasteiger partial charge on any atom is -0.371 e. The maximum absolute atomic E-state index is 11.4. The number of fused-ring (bicyclic) bond motifs is 1. The number of aryl methyl sites for hydroxylation is 1. The molecule has 0 spiro atoms. The molecule has 1 aliphatic heterocycles. The van der Waals surface area contributed by atoms with Crippen LogP contribution >= 0.6 is 0 Å². The molecule has 0 atom stereocenters. The van der Waals surface area contributed by atoms with Gasteiger partial charge in [-0.25, -0.2) is 0 Å². The van der Waals surface area contributed by atoms with Gasteiger partial charge >= 0.3 is 0 Å². The molecule has 0 saturated heterocycles. The third kappa shape index (κ3) is 2.46. The van der Waals surface area contributed by atoms with E-state index in [1.807, 2.05) is 30.1 Å². The molecule has 104 valence electrons. The Bertz CT molecular complexity index is 645. The summed E-state index contributed by atoms with van der Waals surface area (Å²) in [5.41, 5.74) is 4.65. The van der Waals surface area contributed by atoms with E-state index in [4.69, 9.17) is 0 Å². The second-order valence-corrected chi connectivity index (χ2v) is 5.41. The van der Waals surface area contributed by atoms with E-state index in [0.717, 1.165) is 31.5 Å². The SMILES string of the molecule is CC(=O)c1ccc2c(c1)CCN2CCc1cnn(C)c1. The van der Waals surface area contributed by atoms with Gasteiger partial charge in [0, 0.05) is 37.6 Å². The Kier molecular flexibility index (Phi) is 3.30. The Hall–Kier alpha value is -2.10. The number of carbonyl (C=O) groups is 1. The van der Waals surface area contributed by atoms with Gasteiger partial charge in [-0.3, -0.25) is 9.48 Å². The van der Waals surface area contributed by atoms with Crippen LogP contribution in [0.3, 0.4) is 0 Å².